The predicted molar refractivity (Wildman–Crippen MR) is 61.9 cm³/mol. The molecular weight excluding hydrogens is 190 g/mol. The number of nitrogens with zero attached hydrogens (tertiary/aromatic N) is 1. The SMILES string of the molecule is Cc1c[nH]c2c1C(NC(C)C)=NC(N)N2. The summed E-state index contributed by atoms with van der Waals surface area (Å²) >= 11 is 0. The molecule has 0 aromatic carbocycles. The highest BCUT2D eigenvalue weighted by Crippen LogP contribution is 2.22. The second-order valence-corrected chi connectivity index (χ2v) is 4.09. The third kappa shape index (κ3) is 1.83. The molecule has 1 aliphatic heterocycles. The minimum atomic E-state index is -0.378. The number of rotatable bonds is 1. The minimum absolute atomic E-state index is 0.344. The maximum Gasteiger partial charge on any atom is 0.174 e. The first-order valence-corrected chi connectivity index (χ1v) is 5.12. The molecule has 2 heterocycles. The molecule has 0 saturated heterocycles. The van der Waals surface area contributed by atoms with Crippen molar-refractivity contribution in [1.82, 2.24) is 10.3 Å². The standard InChI is InChI=1S/C10H17N5/c1-5(2)13-9-7-6(3)4-12-8(7)14-10(11)15-9/h4-5,10,12,14H,11H2,1-3H3,(H,13,15). The molecule has 82 valence electrons. The fraction of sp³-hybridized carbons (Fsp3) is 0.500. The summed E-state index contributed by atoms with van der Waals surface area (Å²) in [5.74, 6) is 1.81. The lowest BCUT2D eigenvalue weighted by atomic mass is 10.1. The summed E-state index contributed by atoms with van der Waals surface area (Å²) in [5, 5.41) is 6.38. The number of fused-ring (bicyclic) bond motifs is 1. The average molecular weight is 207 g/mol. The molecule has 1 aliphatic rings. The van der Waals surface area contributed by atoms with Crippen LogP contribution in [0.4, 0.5) is 5.82 Å². The maximum atomic E-state index is 5.77. The number of amidine groups is 1. The molecule has 1 unspecified atom stereocenters. The summed E-state index contributed by atoms with van der Waals surface area (Å²) in [6.45, 7) is 6.21. The lowest BCUT2D eigenvalue weighted by Gasteiger charge is -2.22. The second-order valence-electron chi connectivity index (χ2n) is 4.09. The van der Waals surface area contributed by atoms with E-state index in [2.05, 4.69) is 34.5 Å². The third-order valence-corrected chi connectivity index (χ3v) is 2.30. The van der Waals surface area contributed by atoms with Gasteiger partial charge in [-0.15, -0.1) is 0 Å². The lowest BCUT2D eigenvalue weighted by molar-refractivity contribution is 0.709. The zero-order chi connectivity index (χ0) is 11.0. The number of hydrogen-bond donors (Lipinski definition) is 4. The topological polar surface area (TPSA) is 78.2 Å². The van der Waals surface area contributed by atoms with Crippen molar-refractivity contribution in [3.63, 3.8) is 0 Å². The van der Waals surface area contributed by atoms with E-state index in [0.29, 0.717) is 6.04 Å². The number of nitrogens with one attached hydrogen (secondary N) is 3. The van der Waals surface area contributed by atoms with Crippen LogP contribution in [0.25, 0.3) is 0 Å². The number of H-pyrrole nitrogens is 1. The van der Waals surface area contributed by atoms with E-state index in [9.17, 15) is 0 Å². The van der Waals surface area contributed by atoms with E-state index in [4.69, 9.17) is 5.73 Å². The Bertz CT molecular complexity index is 391. The summed E-state index contributed by atoms with van der Waals surface area (Å²) in [6, 6.07) is 0.344. The Morgan fingerprint density at radius 2 is 2.27 bits per heavy atom. The van der Waals surface area contributed by atoms with Gasteiger partial charge in [0.15, 0.2) is 6.29 Å². The Kier molecular flexibility index (Phi) is 2.40. The molecule has 5 N–H and O–H groups in total. The average Bonchev–Trinajstić information content (AvgIpc) is 2.46. The number of aryl methyl sites for hydroxylation is 1. The molecule has 0 saturated carbocycles. The molecule has 0 fully saturated rings. The van der Waals surface area contributed by atoms with Gasteiger partial charge in [-0.05, 0) is 26.3 Å². The van der Waals surface area contributed by atoms with E-state index in [1.807, 2.05) is 13.1 Å². The number of nitrogens with two attached hydrogens (primary N) is 1. The van der Waals surface area contributed by atoms with Gasteiger partial charge in [-0.1, -0.05) is 0 Å². The molecule has 0 aliphatic carbocycles. The van der Waals surface area contributed by atoms with Crippen LogP contribution in [0.5, 0.6) is 0 Å². The number of anilines is 1. The normalized spacial score (nSPS) is 19.5. The molecule has 1 aromatic rings. The van der Waals surface area contributed by atoms with Crippen molar-refractivity contribution in [2.75, 3.05) is 5.32 Å². The van der Waals surface area contributed by atoms with E-state index < -0.39 is 0 Å². The quantitative estimate of drug-likeness (QED) is 0.548. The molecule has 0 amide bonds. The van der Waals surface area contributed by atoms with Crippen LogP contribution in [-0.2, 0) is 0 Å². The van der Waals surface area contributed by atoms with Crippen LogP contribution in [0, 0.1) is 6.92 Å². The van der Waals surface area contributed by atoms with Crippen LogP contribution in [0.1, 0.15) is 25.0 Å². The fourth-order valence-electron chi connectivity index (χ4n) is 1.71. The Hall–Kier alpha value is -1.49. The Labute approximate surface area is 89.2 Å². The maximum absolute atomic E-state index is 5.77. The highest BCUT2D eigenvalue weighted by molar-refractivity contribution is 6.05. The highest BCUT2D eigenvalue weighted by atomic mass is 15.3. The van der Waals surface area contributed by atoms with Crippen LogP contribution >= 0.6 is 0 Å². The predicted octanol–water partition coefficient (Wildman–Crippen LogP) is 0.736. The summed E-state index contributed by atoms with van der Waals surface area (Å²) in [5.41, 5.74) is 8.02. The first kappa shape index (κ1) is 10.0. The van der Waals surface area contributed by atoms with Crippen molar-refractivity contribution in [2.45, 2.75) is 33.1 Å². The molecule has 15 heavy (non-hydrogen) atoms. The second kappa shape index (κ2) is 3.58. The molecule has 0 spiro atoms. The molecule has 1 aromatic heterocycles. The summed E-state index contributed by atoms with van der Waals surface area (Å²) in [4.78, 5) is 7.50. The number of hydrogen-bond acceptors (Lipinski definition) is 4. The van der Waals surface area contributed by atoms with E-state index in [0.717, 1.165) is 22.8 Å². The fourth-order valence-corrected chi connectivity index (χ4v) is 1.71. The van der Waals surface area contributed by atoms with Crippen molar-refractivity contribution in [3.8, 4) is 0 Å². The number of aromatic amines is 1. The number of aliphatic imine (C=N–C) groups is 1. The zero-order valence-electron chi connectivity index (χ0n) is 9.26. The number of aromatic nitrogens is 1. The van der Waals surface area contributed by atoms with Gasteiger partial charge in [-0.25, -0.2) is 4.99 Å². The van der Waals surface area contributed by atoms with Crippen LogP contribution in [0.3, 0.4) is 0 Å². The van der Waals surface area contributed by atoms with Crippen LogP contribution in [-0.4, -0.2) is 23.2 Å². The van der Waals surface area contributed by atoms with Gasteiger partial charge in [0, 0.05) is 12.2 Å². The molecular formula is C10H17N5. The first-order chi connectivity index (χ1) is 7.08. The molecule has 1 atom stereocenters. The van der Waals surface area contributed by atoms with Crippen molar-refractivity contribution in [3.05, 3.63) is 17.3 Å². The Morgan fingerprint density at radius 3 is 2.93 bits per heavy atom. The van der Waals surface area contributed by atoms with Gasteiger partial charge >= 0.3 is 0 Å². The van der Waals surface area contributed by atoms with E-state index in [-0.39, 0.29) is 6.29 Å². The first-order valence-electron chi connectivity index (χ1n) is 5.12. The van der Waals surface area contributed by atoms with Crippen molar-refractivity contribution in [2.24, 2.45) is 10.7 Å². The molecule has 5 nitrogen and oxygen atoms in total. The van der Waals surface area contributed by atoms with E-state index in [1.165, 1.54) is 0 Å². The lowest BCUT2D eigenvalue weighted by Crippen LogP contribution is -2.40. The zero-order valence-corrected chi connectivity index (χ0v) is 9.26. The smallest absolute Gasteiger partial charge is 0.174 e. The van der Waals surface area contributed by atoms with Gasteiger partial charge in [0.25, 0.3) is 0 Å². The van der Waals surface area contributed by atoms with Crippen LogP contribution in [0.2, 0.25) is 0 Å². The van der Waals surface area contributed by atoms with Gasteiger partial charge in [-0.2, -0.15) is 0 Å². The van der Waals surface area contributed by atoms with Crippen LogP contribution in [0.15, 0.2) is 11.2 Å². The van der Waals surface area contributed by atoms with E-state index >= 15 is 0 Å². The van der Waals surface area contributed by atoms with Gasteiger partial charge < -0.3 is 15.6 Å². The van der Waals surface area contributed by atoms with Crippen LogP contribution < -0.4 is 16.4 Å². The molecule has 5 heteroatoms. The van der Waals surface area contributed by atoms with Gasteiger partial charge in [0.05, 0.1) is 5.56 Å². The van der Waals surface area contributed by atoms with Crippen molar-refractivity contribution >= 4 is 11.7 Å². The Morgan fingerprint density at radius 1 is 1.53 bits per heavy atom. The van der Waals surface area contributed by atoms with Gasteiger partial charge in [0.1, 0.15) is 11.7 Å². The molecule has 2 rings (SSSR count). The van der Waals surface area contributed by atoms with E-state index in [1.54, 1.807) is 0 Å². The summed E-state index contributed by atoms with van der Waals surface area (Å²) in [6.07, 6.45) is 1.57. The highest BCUT2D eigenvalue weighted by Gasteiger charge is 2.21. The molecule has 0 bridgehead atoms. The monoisotopic (exact) mass is 207 g/mol. The third-order valence-electron chi connectivity index (χ3n) is 2.30. The largest absolute Gasteiger partial charge is 0.367 e. The van der Waals surface area contributed by atoms with Crippen molar-refractivity contribution in [1.29, 1.82) is 0 Å². The minimum Gasteiger partial charge on any atom is -0.367 e. The Balaban J connectivity index is 2.38. The van der Waals surface area contributed by atoms with Gasteiger partial charge in [0.2, 0.25) is 0 Å². The van der Waals surface area contributed by atoms with Crippen molar-refractivity contribution < 1.29 is 0 Å². The molecule has 0 radical (unpaired) electrons. The van der Waals surface area contributed by atoms with Gasteiger partial charge in [-0.3, -0.25) is 5.73 Å². The summed E-state index contributed by atoms with van der Waals surface area (Å²) < 4.78 is 0. The summed E-state index contributed by atoms with van der Waals surface area (Å²) in [7, 11) is 0.